The Hall–Kier alpha value is -1.59. The Labute approximate surface area is 139 Å². The molecule has 0 bridgehead atoms. The zero-order chi connectivity index (χ0) is 14.8. The summed E-state index contributed by atoms with van der Waals surface area (Å²) in [7, 11) is 0. The minimum atomic E-state index is 0.729. The van der Waals surface area contributed by atoms with E-state index in [4.69, 9.17) is 5.73 Å². The standard InChI is InChI=1S/C16H13Br2N3/c17-11-3-1-2-10(6-11)8-20-15-5-4-14(19)13-7-12(18)9-21-16(13)15/h1-7,9,20H,8,19H2. The fraction of sp³-hybridized carbons (Fsp3) is 0.0625. The van der Waals surface area contributed by atoms with Crippen molar-refractivity contribution in [1.29, 1.82) is 0 Å². The highest BCUT2D eigenvalue weighted by molar-refractivity contribution is 9.10. The van der Waals surface area contributed by atoms with Crippen LogP contribution >= 0.6 is 31.9 Å². The van der Waals surface area contributed by atoms with E-state index in [-0.39, 0.29) is 0 Å². The van der Waals surface area contributed by atoms with Gasteiger partial charge in [0.15, 0.2) is 0 Å². The molecule has 0 atom stereocenters. The Morgan fingerprint density at radius 2 is 1.90 bits per heavy atom. The van der Waals surface area contributed by atoms with Crippen LogP contribution in [-0.4, -0.2) is 4.98 Å². The molecule has 0 amide bonds. The average Bonchev–Trinajstić information content (AvgIpc) is 2.47. The molecule has 0 saturated heterocycles. The number of anilines is 2. The Morgan fingerprint density at radius 3 is 2.71 bits per heavy atom. The van der Waals surface area contributed by atoms with Crippen LogP contribution in [0.2, 0.25) is 0 Å². The van der Waals surface area contributed by atoms with Crippen molar-refractivity contribution < 1.29 is 0 Å². The molecule has 1 heterocycles. The first-order valence-electron chi connectivity index (χ1n) is 6.45. The maximum atomic E-state index is 6.03. The van der Waals surface area contributed by atoms with Gasteiger partial charge >= 0.3 is 0 Å². The minimum Gasteiger partial charge on any atom is -0.398 e. The zero-order valence-electron chi connectivity index (χ0n) is 11.1. The number of nitrogens with one attached hydrogen (secondary N) is 1. The van der Waals surface area contributed by atoms with Gasteiger partial charge < -0.3 is 11.1 Å². The topological polar surface area (TPSA) is 50.9 Å². The second-order valence-corrected chi connectivity index (χ2v) is 6.57. The molecule has 0 aliphatic rings. The number of fused-ring (bicyclic) bond motifs is 1. The lowest BCUT2D eigenvalue weighted by molar-refractivity contribution is 1.15. The summed E-state index contributed by atoms with van der Waals surface area (Å²) in [4.78, 5) is 4.47. The van der Waals surface area contributed by atoms with Crippen LogP contribution in [0.1, 0.15) is 5.56 Å². The van der Waals surface area contributed by atoms with Crippen LogP contribution in [0.4, 0.5) is 11.4 Å². The highest BCUT2D eigenvalue weighted by Crippen LogP contribution is 2.29. The molecule has 2 aromatic carbocycles. The predicted molar refractivity (Wildman–Crippen MR) is 95.3 cm³/mol. The molecule has 1 aromatic heterocycles. The summed E-state index contributed by atoms with van der Waals surface area (Å²) in [5.41, 5.74) is 9.82. The van der Waals surface area contributed by atoms with E-state index in [9.17, 15) is 0 Å². The van der Waals surface area contributed by atoms with Crippen molar-refractivity contribution in [3.63, 3.8) is 0 Å². The number of nitrogens with zero attached hydrogens (tertiary/aromatic N) is 1. The summed E-state index contributed by atoms with van der Waals surface area (Å²) < 4.78 is 2.00. The Morgan fingerprint density at radius 1 is 1.05 bits per heavy atom. The quantitative estimate of drug-likeness (QED) is 0.604. The molecule has 5 heteroatoms. The Balaban J connectivity index is 1.92. The van der Waals surface area contributed by atoms with Gasteiger partial charge in [0.2, 0.25) is 0 Å². The van der Waals surface area contributed by atoms with E-state index >= 15 is 0 Å². The van der Waals surface area contributed by atoms with Crippen LogP contribution in [0.5, 0.6) is 0 Å². The summed E-state index contributed by atoms with van der Waals surface area (Å²) in [6, 6.07) is 14.1. The number of aromatic nitrogens is 1. The van der Waals surface area contributed by atoms with Crippen molar-refractivity contribution in [2.45, 2.75) is 6.54 Å². The third-order valence-corrected chi connectivity index (χ3v) is 4.15. The van der Waals surface area contributed by atoms with Gasteiger partial charge in [-0.05, 0) is 51.8 Å². The van der Waals surface area contributed by atoms with Crippen molar-refractivity contribution in [3.05, 3.63) is 63.2 Å². The normalized spacial score (nSPS) is 10.8. The lowest BCUT2D eigenvalue weighted by atomic mass is 10.1. The van der Waals surface area contributed by atoms with Crippen molar-refractivity contribution in [1.82, 2.24) is 4.98 Å². The van der Waals surface area contributed by atoms with Gasteiger partial charge in [-0.25, -0.2) is 0 Å². The summed E-state index contributed by atoms with van der Waals surface area (Å²) in [5, 5.41) is 4.37. The molecule has 0 fully saturated rings. The zero-order valence-corrected chi connectivity index (χ0v) is 14.3. The maximum absolute atomic E-state index is 6.03. The molecule has 3 nitrogen and oxygen atoms in total. The minimum absolute atomic E-state index is 0.729. The summed E-state index contributed by atoms with van der Waals surface area (Å²) in [6.07, 6.45) is 1.78. The molecular formula is C16H13Br2N3. The van der Waals surface area contributed by atoms with E-state index in [2.05, 4.69) is 54.3 Å². The van der Waals surface area contributed by atoms with Crippen LogP contribution < -0.4 is 11.1 Å². The smallest absolute Gasteiger partial charge is 0.0954 e. The van der Waals surface area contributed by atoms with E-state index in [1.54, 1.807) is 6.20 Å². The van der Waals surface area contributed by atoms with E-state index in [1.165, 1.54) is 5.56 Å². The summed E-state index contributed by atoms with van der Waals surface area (Å²) in [6.45, 7) is 0.732. The van der Waals surface area contributed by atoms with Crippen LogP contribution in [0.3, 0.4) is 0 Å². The predicted octanol–water partition coefficient (Wildman–Crippen LogP) is 4.95. The highest BCUT2D eigenvalue weighted by Gasteiger charge is 2.06. The molecule has 0 unspecified atom stereocenters. The average molecular weight is 407 g/mol. The summed E-state index contributed by atoms with van der Waals surface area (Å²) >= 11 is 6.91. The third-order valence-electron chi connectivity index (χ3n) is 3.22. The third kappa shape index (κ3) is 3.19. The molecule has 106 valence electrons. The molecule has 0 radical (unpaired) electrons. The Bertz CT molecular complexity index is 803. The van der Waals surface area contributed by atoms with Crippen molar-refractivity contribution in [2.75, 3.05) is 11.1 Å². The fourth-order valence-corrected chi connectivity index (χ4v) is 2.98. The van der Waals surface area contributed by atoms with Gasteiger partial charge in [-0.2, -0.15) is 0 Å². The summed E-state index contributed by atoms with van der Waals surface area (Å²) in [5.74, 6) is 0. The van der Waals surface area contributed by atoms with Gasteiger partial charge in [0, 0.05) is 32.8 Å². The van der Waals surface area contributed by atoms with Crippen LogP contribution in [-0.2, 0) is 6.54 Å². The lowest BCUT2D eigenvalue weighted by Gasteiger charge is -2.11. The number of nitrogens with two attached hydrogens (primary N) is 1. The second-order valence-electron chi connectivity index (χ2n) is 4.74. The van der Waals surface area contributed by atoms with Gasteiger partial charge in [-0.3, -0.25) is 4.98 Å². The number of rotatable bonds is 3. The first kappa shape index (κ1) is 14.4. The Kier molecular flexibility index (Phi) is 4.12. The largest absolute Gasteiger partial charge is 0.398 e. The molecule has 0 saturated carbocycles. The maximum Gasteiger partial charge on any atom is 0.0954 e. The van der Waals surface area contributed by atoms with Gasteiger partial charge in [-0.15, -0.1) is 0 Å². The number of hydrogen-bond acceptors (Lipinski definition) is 3. The van der Waals surface area contributed by atoms with E-state index in [0.717, 1.165) is 37.8 Å². The molecule has 21 heavy (non-hydrogen) atoms. The first-order valence-corrected chi connectivity index (χ1v) is 8.04. The molecule has 0 aliphatic heterocycles. The molecule has 3 aromatic rings. The van der Waals surface area contributed by atoms with Crippen LogP contribution in [0.25, 0.3) is 10.9 Å². The molecular weight excluding hydrogens is 394 g/mol. The first-order chi connectivity index (χ1) is 10.1. The van der Waals surface area contributed by atoms with Gasteiger partial charge in [0.05, 0.1) is 11.2 Å². The molecule has 3 N–H and O–H groups in total. The van der Waals surface area contributed by atoms with Crippen molar-refractivity contribution in [2.24, 2.45) is 0 Å². The molecule has 3 rings (SSSR count). The van der Waals surface area contributed by atoms with Crippen LogP contribution in [0, 0.1) is 0 Å². The number of benzene rings is 2. The SMILES string of the molecule is Nc1ccc(NCc2cccc(Br)c2)c2ncc(Br)cc12. The monoisotopic (exact) mass is 405 g/mol. The van der Waals surface area contributed by atoms with E-state index < -0.39 is 0 Å². The molecule has 0 spiro atoms. The van der Waals surface area contributed by atoms with Gasteiger partial charge in [0.25, 0.3) is 0 Å². The van der Waals surface area contributed by atoms with E-state index in [1.807, 2.05) is 30.3 Å². The fourth-order valence-electron chi connectivity index (χ4n) is 2.20. The van der Waals surface area contributed by atoms with Crippen LogP contribution in [0.15, 0.2) is 57.6 Å². The van der Waals surface area contributed by atoms with Gasteiger partial charge in [-0.1, -0.05) is 28.1 Å². The lowest BCUT2D eigenvalue weighted by Crippen LogP contribution is -2.01. The van der Waals surface area contributed by atoms with Gasteiger partial charge in [0.1, 0.15) is 0 Å². The van der Waals surface area contributed by atoms with Crippen molar-refractivity contribution >= 4 is 54.1 Å². The highest BCUT2D eigenvalue weighted by atomic mass is 79.9. The number of nitrogen functional groups attached to an aromatic ring is 1. The second kappa shape index (κ2) is 6.03. The van der Waals surface area contributed by atoms with E-state index in [0.29, 0.717) is 0 Å². The number of halogens is 2. The number of pyridine rings is 1. The van der Waals surface area contributed by atoms with Crippen molar-refractivity contribution in [3.8, 4) is 0 Å². The molecule has 0 aliphatic carbocycles. The number of hydrogen-bond donors (Lipinski definition) is 2.